The van der Waals surface area contributed by atoms with E-state index in [-0.39, 0.29) is 0 Å². The minimum atomic E-state index is 0.671. The quantitative estimate of drug-likeness (QED) is 0.815. The molecule has 1 N–H and O–H groups in total. The molecule has 4 heteroatoms. The Kier molecular flexibility index (Phi) is 5.87. The van der Waals surface area contributed by atoms with Crippen LogP contribution in [0.4, 0.5) is 0 Å². The Balaban J connectivity index is 1.88. The summed E-state index contributed by atoms with van der Waals surface area (Å²) in [6.07, 6.45) is 4.03. The van der Waals surface area contributed by atoms with Crippen molar-refractivity contribution in [3.63, 3.8) is 0 Å². The summed E-state index contributed by atoms with van der Waals surface area (Å²) in [5.41, 5.74) is 1.29. The van der Waals surface area contributed by atoms with Gasteiger partial charge in [-0.15, -0.1) is 0 Å². The molecule has 18 heavy (non-hydrogen) atoms. The van der Waals surface area contributed by atoms with Gasteiger partial charge in [-0.25, -0.2) is 0 Å². The zero-order valence-electron chi connectivity index (χ0n) is 10.6. The van der Waals surface area contributed by atoms with Crippen LogP contribution in [0.15, 0.2) is 22.7 Å². The van der Waals surface area contributed by atoms with E-state index in [1.54, 1.807) is 0 Å². The summed E-state index contributed by atoms with van der Waals surface area (Å²) < 4.78 is 0.981. The van der Waals surface area contributed by atoms with Gasteiger partial charge >= 0.3 is 0 Å². The summed E-state index contributed by atoms with van der Waals surface area (Å²) in [6.45, 7) is 3.18. The molecule has 2 atom stereocenters. The number of benzene rings is 1. The fourth-order valence-corrected chi connectivity index (χ4v) is 4.24. The first-order valence-electron chi connectivity index (χ1n) is 6.49. The number of rotatable bonds is 5. The van der Waals surface area contributed by atoms with Crippen LogP contribution in [0.1, 0.15) is 31.7 Å². The van der Waals surface area contributed by atoms with Gasteiger partial charge in [0.25, 0.3) is 0 Å². The fraction of sp³-hybridized carbons (Fsp3) is 0.571. The van der Waals surface area contributed by atoms with Crippen molar-refractivity contribution in [2.24, 2.45) is 0 Å². The molecule has 2 unspecified atom stereocenters. The maximum Gasteiger partial charge on any atom is 0.0548 e. The number of nitrogens with one attached hydrogen (secondary N) is 1. The molecule has 1 nitrogen and oxygen atoms in total. The Labute approximate surface area is 127 Å². The Morgan fingerprint density at radius 2 is 2.28 bits per heavy atom. The minimum absolute atomic E-state index is 0.671. The SMILES string of the molecule is CCSC1CCCC1NCc1ccc(Cl)c(Br)c1. The Hall–Kier alpha value is 0.300. The molecule has 2 rings (SSSR count). The molecule has 1 saturated carbocycles. The van der Waals surface area contributed by atoms with Gasteiger partial charge in [0.05, 0.1) is 5.02 Å². The molecule has 0 aliphatic heterocycles. The average Bonchev–Trinajstić information content (AvgIpc) is 2.79. The van der Waals surface area contributed by atoms with Crippen molar-refractivity contribution < 1.29 is 0 Å². The molecule has 1 aromatic carbocycles. The molecule has 0 amide bonds. The molecular weight excluding hydrogens is 330 g/mol. The van der Waals surface area contributed by atoms with E-state index >= 15 is 0 Å². The second-order valence-corrected chi connectivity index (χ2v) is 7.44. The van der Waals surface area contributed by atoms with Crippen molar-refractivity contribution in [3.05, 3.63) is 33.3 Å². The lowest BCUT2D eigenvalue weighted by Crippen LogP contribution is -2.33. The van der Waals surface area contributed by atoms with Crippen LogP contribution >= 0.6 is 39.3 Å². The standard InChI is InChI=1S/C14H19BrClNS/c1-2-18-14-5-3-4-13(14)17-9-10-6-7-12(16)11(15)8-10/h6-8,13-14,17H,2-5,9H2,1H3. The van der Waals surface area contributed by atoms with Crippen LogP contribution in [0.2, 0.25) is 5.02 Å². The maximum atomic E-state index is 6.00. The molecule has 0 saturated heterocycles. The van der Waals surface area contributed by atoms with Crippen LogP contribution in [-0.2, 0) is 6.54 Å². The topological polar surface area (TPSA) is 12.0 Å². The van der Waals surface area contributed by atoms with Crippen LogP contribution in [0.25, 0.3) is 0 Å². The van der Waals surface area contributed by atoms with Crippen LogP contribution in [0.5, 0.6) is 0 Å². The third-order valence-corrected chi connectivity index (χ3v) is 5.93. The summed E-state index contributed by atoms with van der Waals surface area (Å²) in [6, 6.07) is 6.82. The Morgan fingerprint density at radius 3 is 3.00 bits per heavy atom. The fourth-order valence-electron chi connectivity index (χ4n) is 2.47. The Morgan fingerprint density at radius 1 is 1.44 bits per heavy atom. The second kappa shape index (κ2) is 7.18. The largest absolute Gasteiger partial charge is 0.309 e. The first-order chi connectivity index (χ1) is 8.70. The van der Waals surface area contributed by atoms with Gasteiger partial charge in [-0.05, 0) is 52.2 Å². The van der Waals surface area contributed by atoms with E-state index in [2.05, 4.69) is 52.1 Å². The molecule has 1 aromatic rings. The molecule has 1 fully saturated rings. The van der Waals surface area contributed by atoms with Crippen LogP contribution in [-0.4, -0.2) is 17.0 Å². The summed E-state index contributed by atoms with van der Waals surface area (Å²) in [5.74, 6) is 1.22. The maximum absolute atomic E-state index is 6.00. The van der Waals surface area contributed by atoms with Crippen LogP contribution in [0.3, 0.4) is 0 Å². The van der Waals surface area contributed by atoms with Gasteiger partial charge in [0.15, 0.2) is 0 Å². The van der Waals surface area contributed by atoms with Crippen molar-refractivity contribution in [2.75, 3.05) is 5.75 Å². The molecule has 0 heterocycles. The predicted octanol–water partition coefficient (Wildman–Crippen LogP) is 4.87. The molecule has 100 valence electrons. The van der Waals surface area contributed by atoms with Gasteiger partial charge in [-0.1, -0.05) is 31.0 Å². The number of hydrogen-bond acceptors (Lipinski definition) is 2. The van der Waals surface area contributed by atoms with Crippen molar-refractivity contribution in [1.29, 1.82) is 0 Å². The van der Waals surface area contributed by atoms with E-state index in [1.807, 2.05) is 6.07 Å². The zero-order chi connectivity index (χ0) is 13.0. The Bertz CT molecular complexity index is 399. The molecular formula is C14H19BrClNS. The molecule has 0 radical (unpaired) electrons. The van der Waals surface area contributed by atoms with Crippen molar-refractivity contribution in [1.82, 2.24) is 5.32 Å². The third kappa shape index (κ3) is 3.89. The van der Waals surface area contributed by atoms with Gasteiger partial charge in [-0.3, -0.25) is 0 Å². The van der Waals surface area contributed by atoms with Crippen molar-refractivity contribution in [3.8, 4) is 0 Å². The average molecular weight is 349 g/mol. The first-order valence-corrected chi connectivity index (χ1v) is 8.71. The van der Waals surface area contributed by atoms with E-state index in [1.165, 1.54) is 30.6 Å². The number of halogens is 2. The highest BCUT2D eigenvalue weighted by atomic mass is 79.9. The third-order valence-electron chi connectivity index (χ3n) is 3.39. The minimum Gasteiger partial charge on any atom is -0.309 e. The van der Waals surface area contributed by atoms with Gasteiger partial charge in [0.1, 0.15) is 0 Å². The summed E-state index contributed by atoms with van der Waals surface area (Å²) in [7, 11) is 0. The number of hydrogen-bond donors (Lipinski definition) is 1. The summed E-state index contributed by atoms with van der Waals surface area (Å²) in [4.78, 5) is 0. The van der Waals surface area contributed by atoms with Crippen molar-refractivity contribution >= 4 is 39.3 Å². The highest BCUT2D eigenvalue weighted by molar-refractivity contribution is 9.10. The van der Waals surface area contributed by atoms with E-state index in [0.29, 0.717) is 6.04 Å². The van der Waals surface area contributed by atoms with Crippen molar-refractivity contribution in [2.45, 2.75) is 44.0 Å². The molecule has 0 bridgehead atoms. The first kappa shape index (κ1) is 14.7. The normalized spacial score (nSPS) is 23.5. The lowest BCUT2D eigenvalue weighted by Gasteiger charge is -2.20. The van der Waals surface area contributed by atoms with E-state index in [0.717, 1.165) is 21.3 Å². The summed E-state index contributed by atoms with van der Waals surface area (Å²) in [5, 5.41) is 5.27. The molecule has 0 aromatic heterocycles. The lowest BCUT2D eigenvalue weighted by molar-refractivity contribution is 0.532. The van der Waals surface area contributed by atoms with Gasteiger partial charge in [0, 0.05) is 22.3 Å². The second-order valence-electron chi connectivity index (χ2n) is 4.66. The molecule has 1 aliphatic rings. The van der Waals surface area contributed by atoms with Gasteiger partial charge < -0.3 is 5.32 Å². The summed E-state index contributed by atoms with van der Waals surface area (Å²) >= 11 is 11.6. The lowest BCUT2D eigenvalue weighted by atomic mass is 10.2. The zero-order valence-corrected chi connectivity index (χ0v) is 13.7. The van der Waals surface area contributed by atoms with Crippen LogP contribution in [0, 0.1) is 0 Å². The predicted molar refractivity (Wildman–Crippen MR) is 85.6 cm³/mol. The van der Waals surface area contributed by atoms with Crippen LogP contribution < -0.4 is 5.32 Å². The van der Waals surface area contributed by atoms with E-state index in [9.17, 15) is 0 Å². The highest BCUT2D eigenvalue weighted by Crippen LogP contribution is 2.30. The van der Waals surface area contributed by atoms with Gasteiger partial charge in [0.2, 0.25) is 0 Å². The molecule has 1 aliphatic carbocycles. The van der Waals surface area contributed by atoms with Gasteiger partial charge in [-0.2, -0.15) is 11.8 Å². The number of thioether (sulfide) groups is 1. The smallest absolute Gasteiger partial charge is 0.0548 e. The monoisotopic (exact) mass is 347 g/mol. The highest BCUT2D eigenvalue weighted by Gasteiger charge is 2.26. The van der Waals surface area contributed by atoms with E-state index < -0.39 is 0 Å². The molecule has 0 spiro atoms. The van der Waals surface area contributed by atoms with E-state index in [4.69, 9.17) is 11.6 Å².